The lowest BCUT2D eigenvalue weighted by atomic mass is 9.97. The van der Waals surface area contributed by atoms with Crippen molar-refractivity contribution < 1.29 is 64.6 Å². The van der Waals surface area contributed by atoms with Crippen LogP contribution in [0.5, 0.6) is 0 Å². The standard InChI is InChI=1S/C52H99NO13/c1-3-5-7-9-11-13-15-17-18-19-20-21-22-24-26-28-30-32-34-36-44(57)53-40(41(56)35-33-31-29-27-25-23-16-14-12-10-8-6-4-2)39-63-51-49(62)47(60)50(43(38-55)65-51)66-52-48(61)46(59)45(58)42(37-54)64-52/h33,35,40-43,45-52,54-56,58-62H,3-32,34,36-39H2,1-2H3,(H,53,57)/b35-33+/t40-,41+,42?,43?,45+,46-,47+,48?,49?,50+,51+,52-/m0/s1. The van der Waals surface area contributed by atoms with E-state index in [0.717, 1.165) is 38.5 Å². The predicted octanol–water partition coefficient (Wildman–Crippen LogP) is 7.55. The molecule has 0 aromatic heterocycles. The van der Waals surface area contributed by atoms with E-state index in [-0.39, 0.29) is 18.9 Å². The van der Waals surface area contributed by atoms with Gasteiger partial charge in [0.2, 0.25) is 5.91 Å². The van der Waals surface area contributed by atoms with Crippen molar-refractivity contribution in [3.05, 3.63) is 12.2 Å². The van der Waals surface area contributed by atoms with Crippen LogP contribution in [0.1, 0.15) is 219 Å². The fraction of sp³-hybridized carbons (Fsp3) is 0.942. The first-order chi connectivity index (χ1) is 32.1. The average molecular weight is 946 g/mol. The molecular formula is C52H99NO13. The van der Waals surface area contributed by atoms with E-state index in [4.69, 9.17) is 18.9 Å². The van der Waals surface area contributed by atoms with Gasteiger partial charge in [-0.05, 0) is 19.3 Å². The Morgan fingerprint density at radius 2 is 0.939 bits per heavy atom. The number of carbonyl (C=O) groups excluding carboxylic acids is 1. The van der Waals surface area contributed by atoms with Gasteiger partial charge in [-0.2, -0.15) is 0 Å². The zero-order valence-corrected chi connectivity index (χ0v) is 41.5. The lowest BCUT2D eigenvalue weighted by Gasteiger charge is -2.46. The number of nitrogens with one attached hydrogen (secondary N) is 1. The van der Waals surface area contributed by atoms with Crippen molar-refractivity contribution in [2.24, 2.45) is 0 Å². The first kappa shape index (κ1) is 60.9. The van der Waals surface area contributed by atoms with Crippen LogP contribution in [0, 0.1) is 0 Å². The number of rotatable bonds is 42. The van der Waals surface area contributed by atoms with E-state index in [1.807, 2.05) is 6.08 Å². The topological polar surface area (TPSA) is 228 Å². The summed E-state index contributed by atoms with van der Waals surface area (Å²) >= 11 is 0. The van der Waals surface area contributed by atoms with Gasteiger partial charge in [0, 0.05) is 6.42 Å². The Balaban J connectivity index is 1.80. The second-order valence-electron chi connectivity index (χ2n) is 19.4. The maximum atomic E-state index is 13.2. The molecule has 2 saturated heterocycles. The number of allylic oxidation sites excluding steroid dienone is 1. The second-order valence-corrected chi connectivity index (χ2v) is 19.4. The van der Waals surface area contributed by atoms with E-state index >= 15 is 0 Å². The number of ether oxygens (including phenoxy) is 4. The number of carbonyl (C=O) groups is 1. The van der Waals surface area contributed by atoms with Crippen LogP contribution < -0.4 is 5.32 Å². The van der Waals surface area contributed by atoms with Crippen LogP contribution in [0.4, 0.5) is 0 Å². The first-order valence-electron chi connectivity index (χ1n) is 26.9. The Hall–Kier alpha value is -1.27. The van der Waals surface area contributed by atoms with E-state index in [2.05, 4.69) is 19.2 Å². The maximum absolute atomic E-state index is 13.2. The molecule has 0 bridgehead atoms. The summed E-state index contributed by atoms with van der Waals surface area (Å²) in [6.45, 7) is 2.80. The molecule has 390 valence electrons. The number of hydrogen-bond acceptors (Lipinski definition) is 13. The molecule has 2 aliphatic rings. The number of aliphatic hydroxyl groups is 8. The molecule has 0 aromatic rings. The van der Waals surface area contributed by atoms with Crippen molar-refractivity contribution in [3.63, 3.8) is 0 Å². The van der Waals surface area contributed by atoms with Gasteiger partial charge in [0.15, 0.2) is 12.6 Å². The second kappa shape index (κ2) is 39.5. The molecule has 0 aromatic carbocycles. The van der Waals surface area contributed by atoms with Crippen LogP contribution in [0.15, 0.2) is 12.2 Å². The van der Waals surface area contributed by atoms with Gasteiger partial charge in [0.25, 0.3) is 0 Å². The highest BCUT2D eigenvalue weighted by Crippen LogP contribution is 2.30. The minimum Gasteiger partial charge on any atom is -0.394 e. The largest absolute Gasteiger partial charge is 0.394 e. The van der Waals surface area contributed by atoms with E-state index < -0.39 is 86.8 Å². The normalized spacial score (nSPS) is 26.8. The molecule has 0 saturated carbocycles. The van der Waals surface area contributed by atoms with E-state index in [0.29, 0.717) is 6.42 Å². The molecule has 2 fully saturated rings. The van der Waals surface area contributed by atoms with Gasteiger partial charge >= 0.3 is 0 Å². The molecule has 14 heteroatoms. The van der Waals surface area contributed by atoms with Crippen molar-refractivity contribution in [1.82, 2.24) is 5.32 Å². The summed E-state index contributed by atoms with van der Waals surface area (Å²) < 4.78 is 22.7. The van der Waals surface area contributed by atoms with Crippen LogP contribution in [0.25, 0.3) is 0 Å². The van der Waals surface area contributed by atoms with Gasteiger partial charge in [0.05, 0.1) is 32.0 Å². The Labute approximate surface area is 399 Å². The third-order valence-electron chi connectivity index (χ3n) is 13.5. The fourth-order valence-corrected chi connectivity index (χ4v) is 9.06. The first-order valence-corrected chi connectivity index (χ1v) is 26.9. The number of aliphatic hydroxyl groups excluding tert-OH is 8. The minimum absolute atomic E-state index is 0.236. The SMILES string of the molecule is CCCCCCCCCCCCC/C=C/[C@@H](O)[C@H](CO[C@@H]1OC(CO)[C@@H](O[C@@H]2OC(CO)[C@@H](O)[C@H](O)C2O)[C@H](O)C1O)NC(=O)CCCCCCCCCCCCCCCCCCCCC. The summed E-state index contributed by atoms with van der Waals surface area (Å²) in [7, 11) is 0. The summed E-state index contributed by atoms with van der Waals surface area (Å²) in [5.74, 6) is -0.236. The minimum atomic E-state index is -1.78. The zero-order chi connectivity index (χ0) is 48.2. The molecular weight excluding hydrogens is 847 g/mol. The third-order valence-corrected chi connectivity index (χ3v) is 13.5. The molecule has 2 rings (SSSR count). The Kier molecular flexibility index (Phi) is 36.4. The smallest absolute Gasteiger partial charge is 0.220 e. The van der Waals surface area contributed by atoms with Crippen LogP contribution in [-0.2, 0) is 23.7 Å². The van der Waals surface area contributed by atoms with Crippen molar-refractivity contribution in [3.8, 4) is 0 Å². The van der Waals surface area contributed by atoms with Crippen LogP contribution in [-0.4, -0.2) is 140 Å². The summed E-state index contributed by atoms with van der Waals surface area (Å²) in [4.78, 5) is 13.2. The van der Waals surface area contributed by atoms with Gasteiger partial charge in [-0.15, -0.1) is 0 Å². The van der Waals surface area contributed by atoms with E-state index in [1.54, 1.807) is 6.08 Å². The lowest BCUT2D eigenvalue weighted by Crippen LogP contribution is -2.65. The molecule has 2 aliphatic heterocycles. The van der Waals surface area contributed by atoms with Crippen molar-refractivity contribution in [1.29, 1.82) is 0 Å². The highest BCUT2D eigenvalue weighted by Gasteiger charge is 2.51. The quantitative estimate of drug-likeness (QED) is 0.0213. The fourth-order valence-electron chi connectivity index (χ4n) is 9.06. The van der Waals surface area contributed by atoms with Gasteiger partial charge in [-0.25, -0.2) is 0 Å². The molecule has 12 atom stereocenters. The van der Waals surface area contributed by atoms with Crippen LogP contribution in [0.2, 0.25) is 0 Å². The molecule has 2 heterocycles. The number of amides is 1. The van der Waals surface area contributed by atoms with Gasteiger partial charge in [-0.3, -0.25) is 4.79 Å². The van der Waals surface area contributed by atoms with Crippen LogP contribution in [0.3, 0.4) is 0 Å². The molecule has 9 N–H and O–H groups in total. The Bertz CT molecular complexity index is 1160. The zero-order valence-electron chi connectivity index (χ0n) is 41.5. The van der Waals surface area contributed by atoms with Crippen molar-refractivity contribution in [2.75, 3.05) is 19.8 Å². The lowest BCUT2D eigenvalue weighted by molar-refractivity contribution is -0.359. The van der Waals surface area contributed by atoms with Crippen LogP contribution >= 0.6 is 0 Å². The van der Waals surface area contributed by atoms with Crippen molar-refractivity contribution in [2.45, 2.75) is 293 Å². The number of hydrogen-bond donors (Lipinski definition) is 9. The summed E-state index contributed by atoms with van der Waals surface area (Å²) in [6, 6.07) is -0.907. The summed E-state index contributed by atoms with van der Waals surface area (Å²) in [6.07, 6.45) is 25.3. The van der Waals surface area contributed by atoms with E-state index in [9.17, 15) is 45.6 Å². The van der Waals surface area contributed by atoms with Gasteiger partial charge in [0.1, 0.15) is 48.8 Å². The molecule has 0 radical (unpaired) electrons. The highest BCUT2D eigenvalue weighted by molar-refractivity contribution is 5.76. The maximum Gasteiger partial charge on any atom is 0.220 e. The van der Waals surface area contributed by atoms with Crippen molar-refractivity contribution >= 4 is 5.91 Å². The van der Waals surface area contributed by atoms with Gasteiger partial charge < -0.3 is 65.1 Å². The van der Waals surface area contributed by atoms with E-state index in [1.165, 1.54) is 154 Å². The monoisotopic (exact) mass is 946 g/mol. The number of unbranched alkanes of at least 4 members (excludes halogenated alkanes) is 29. The molecule has 0 spiro atoms. The average Bonchev–Trinajstić information content (AvgIpc) is 3.31. The third kappa shape index (κ3) is 26.1. The Morgan fingerprint density at radius 3 is 1.39 bits per heavy atom. The molecule has 66 heavy (non-hydrogen) atoms. The molecule has 0 aliphatic carbocycles. The van der Waals surface area contributed by atoms with Gasteiger partial charge in [-0.1, -0.05) is 206 Å². The summed E-state index contributed by atoms with van der Waals surface area (Å²) in [5, 5.41) is 86.8. The molecule has 14 nitrogen and oxygen atoms in total. The predicted molar refractivity (Wildman–Crippen MR) is 259 cm³/mol. The summed E-state index contributed by atoms with van der Waals surface area (Å²) in [5.41, 5.74) is 0. The highest BCUT2D eigenvalue weighted by atomic mass is 16.7. The molecule has 1 amide bonds. The Morgan fingerprint density at radius 1 is 0.530 bits per heavy atom. The molecule has 4 unspecified atom stereocenters.